The molecule has 1 heterocycles. The van der Waals surface area contributed by atoms with E-state index in [4.69, 9.17) is 5.73 Å². The maximum absolute atomic E-state index is 12.5. The van der Waals surface area contributed by atoms with E-state index in [0.29, 0.717) is 13.0 Å². The lowest BCUT2D eigenvalue weighted by Crippen LogP contribution is -2.30. The predicted molar refractivity (Wildman–Crippen MR) is 33.0 cm³/mol. The smallest absolute Gasteiger partial charge is 0.272 e. The Labute approximate surface area is 58.3 Å². The van der Waals surface area contributed by atoms with Crippen LogP contribution < -0.4 is 5.73 Å². The van der Waals surface area contributed by atoms with Gasteiger partial charge in [-0.15, -0.1) is 0 Å². The summed E-state index contributed by atoms with van der Waals surface area (Å²) in [5.74, 6) is -2.71. The highest BCUT2D eigenvalue weighted by atomic mass is 19.3. The molecule has 4 heteroatoms. The van der Waals surface area contributed by atoms with E-state index in [1.807, 2.05) is 0 Å². The van der Waals surface area contributed by atoms with Crippen LogP contribution in [0.5, 0.6) is 0 Å². The minimum Gasteiger partial charge on any atom is -0.375 e. The molecule has 1 rings (SSSR count). The summed E-state index contributed by atoms with van der Waals surface area (Å²) in [6.07, 6.45) is 0.294. The molecule has 1 atom stereocenters. The fraction of sp³-hybridized carbons (Fsp3) is 1.00. The van der Waals surface area contributed by atoms with Crippen LogP contribution in [0.15, 0.2) is 0 Å². The SMILES string of the molecule is NC1CCOCC(F)(F)C1. The highest BCUT2D eigenvalue weighted by molar-refractivity contribution is 4.76. The van der Waals surface area contributed by atoms with Crippen molar-refractivity contribution in [1.82, 2.24) is 0 Å². The molecule has 0 aliphatic carbocycles. The molecular formula is C6H11F2NO. The quantitative estimate of drug-likeness (QED) is 0.554. The number of hydrogen-bond acceptors (Lipinski definition) is 2. The van der Waals surface area contributed by atoms with E-state index >= 15 is 0 Å². The molecule has 2 N–H and O–H groups in total. The summed E-state index contributed by atoms with van der Waals surface area (Å²) in [7, 11) is 0. The average Bonchev–Trinajstić information content (AvgIpc) is 1.90. The van der Waals surface area contributed by atoms with Gasteiger partial charge in [-0.2, -0.15) is 0 Å². The van der Waals surface area contributed by atoms with Gasteiger partial charge in [0.15, 0.2) is 0 Å². The Hall–Kier alpha value is -0.220. The topological polar surface area (TPSA) is 35.2 Å². The number of rotatable bonds is 0. The number of hydrogen-bond donors (Lipinski definition) is 1. The second-order valence-corrected chi connectivity index (χ2v) is 2.66. The third-order valence-electron chi connectivity index (χ3n) is 1.51. The molecule has 10 heavy (non-hydrogen) atoms. The van der Waals surface area contributed by atoms with Gasteiger partial charge in [-0.25, -0.2) is 8.78 Å². The second-order valence-electron chi connectivity index (χ2n) is 2.66. The van der Waals surface area contributed by atoms with E-state index in [-0.39, 0.29) is 6.42 Å². The van der Waals surface area contributed by atoms with E-state index in [1.54, 1.807) is 0 Å². The Morgan fingerprint density at radius 3 is 2.90 bits per heavy atom. The van der Waals surface area contributed by atoms with E-state index in [1.165, 1.54) is 0 Å². The van der Waals surface area contributed by atoms with Gasteiger partial charge in [0.2, 0.25) is 0 Å². The van der Waals surface area contributed by atoms with Crippen LogP contribution in [-0.2, 0) is 4.74 Å². The van der Waals surface area contributed by atoms with Crippen LogP contribution in [0.25, 0.3) is 0 Å². The zero-order chi connectivity index (χ0) is 7.61. The summed E-state index contributed by atoms with van der Waals surface area (Å²) in [6, 6.07) is -0.405. The monoisotopic (exact) mass is 151 g/mol. The Morgan fingerprint density at radius 2 is 2.20 bits per heavy atom. The molecule has 1 fully saturated rings. The molecule has 0 bridgehead atoms. The zero-order valence-electron chi connectivity index (χ0n) is 5.65. The van der Waals surface area contributed by atoms with Crippen molar-refractivity contribution in [3.63, 3.8) is 0 Å². The molecule has 1 saturated heterocycles. The number of halogens is 2. The van der Waals surface area contributed by atoms with E-state index in [9.17, 15) is 8.78 Å². The lowest BCUT2D eigenvalue weighted by atomic mass is 10.1. The van der Waals surface area contributed by atoms with E-state index in [2.05, 4.69) is 4.74 Å². The number of nitrogens with two attached hydrogens (primary N) is 1. The van der Waals surface area contributed by atoms with Crippen molar-refractivity contribution >= 4 is 0 Å². The van der Waals surface area contributed by atoms with Gasteiger partial charge < -0.3 is 10.5 Å². The second kappa shape index (κ2) is 2.80. The maximum atomic E-state index is 12.5. The molecule has 0 aromatic heterocycles. The fourth-order valence-corrected chi connectivity index (χ4v) is 1.00. The summed E-state index contributed by atoms with van der Waals surface area (Å²) >= 11 is 0. The summed E-state index contributed by atoms with van der Waals surface area (Å²) in [5.41, 5.74) is 5.35. The summed E-state index contributed by atoms with van der Waals surface area (Å²) in [4.78, 5) is 0. The van der Waals surface area contributed by atoms with Crippen molar-refractivity contribution in [1.29, 1.82) is 0 Å². The van der Waals surface area contributed by atoms with Crippen molar-refractivity contribution < 1.29 is 13.5 Å². The van der Waals surface area contributed by atoms with Gasteiger partial charge in [0.05, 0.1) is 0 Å². The Morgan fingerprint density at radius 1 is 1.50 bits per heavy atom. The molecule has 2 nitrogen and oxygen atoms in total. The van der Waals surface area contributed by atoms with Crippen molar-refractivity contribution in [2.24, 2.45) is 5.73 Å². The van der Waals surface area contributed by atoms with Crippen LogP contribution in [0.4, 0.5) is 8.78 Å². The Balaban J connectivity index is 2.46. The van der Waals surface area contributed by atoms with Gasteiger partial charge >= 0.3 is 0 Å². The molecule has 0 radical (unpaired) electrons. The van der Waals surface area contributed by atoms with Gasteiger partial charge in [-0.05, 0) is 6.42 Å². The molecule has 1 aliphatic rings. The largest absolute Gasteiger partial charge is 0.375 e. The van der Waals surface area contributed by atoms with Crippen LogP contribution in [0.1, 0.15) is 12.8 Å². The maximum Gasteiger partial charge on any atom is 0.272 e. The summed E-state index contributed by atoms with van der Waals surface area (Å²) in [6.45, 7) is -0.114. The molecule has 1 unspecified atom stereocenters. The van der Waals surface area contributed by atoms with Crippen molar-refractivity contribution in [2.75, 3.05) is 13.2 Å². The Kier molecular flexibility index (Phi) is 2.21. The number of ether oxygens (including phenoxy) is 1. The van der Waals surface area contributed by atoms with Crippen molar-refractivity contribution in [3.05, 3.63) is 0 Å². The first-order valence-electron chi connectivity index (χ1n) is 3.31. The highest BCUT2D eigenvalue weighted by Crippen LogP contribution is 2.23. The first kappa shape index (κ1) is 7.88. The third-order valence-corrected chi connectivity index (χ3v) is 1.51. The van der Waals surface area contributed by atoms with Gasteiger partial charge in [-0.3, -0.25) is 0 Å². The molecule has 0 aromatic carbocycles. The van der Waals surface area contributed by atoms with Gasteiger partial charge in [0.1, 0.15) is 6.61 Å². The highest BCUT2D eigenvalue weighted by Gasteiger charge is 2.33. The lowest BCUT2D eigenvalue weighted by molar-refractivity contribution is -0.0693. The molecular weight excluding hydrogens is 140 g/mol. The molecule has 1 aliphatic heterocycles. The van der Waals surface area contributed by atoms with Crippen LogP contribution in [0, 0.1) is 0 Å². The summed E-state index contributed by atoms with van der Waals surface area (Å²) < 4.78 is 29.7. The van der Waals surface area contributed by atoms with Crippen molar-refractivity contribution in [2.45, 2.75) is 24.8 Å². The molecule has 0 saturated carbocycles. The number of alkyl halides is 2. The predicted octanol–water partition coefficient (Wildman–Crippen LogP) is 0.759. The third kappa shape index (κ3) is 2.19. The molecule has 60 valence electrons. The molecule has 0 spiro atoms. The lowest BCUT2D eigenvalue weighted by Gasteiger charge is -2.14. The van der Waals surface area contributed by atoms with Crippen LogP contribution in [-0.4, -0.2) is 25.2 Å². The fourth-order valence-electron chi connectivity index (χ4n) is 1.00. The van der Waals surface area contributed by atoms with Crippen LogP contribution in [0.3, 0.4) is 0 Å². The Bertz CT molecular complexity index is 118. The minimum absolute atomic E-state index is 0.243. The van der Waals surface area contributed by atoms with Crippen LogP contribution in [0.2, 0.25) is 0 Å². The van der Waals surface area contributed by atoms with E-state index < -0.39 is 18.6 Å². The molecule has 0 amide bonds. The molecule has 0 aromatic rings. The van der Waals surface area contributed by atoms with Gasteiger partial charge in [0, 0.05) is 19.1 Å². The average molecular weight is 151 g/mol. The van der Waals surface area contributed by atoms with Crippen molar-refractivity contribution in [3.8, 4) is 0 Å². The standard InChI is InChI=1S/C6H11F2NO/c7-6(8)3-5(9)1-2-10-4-6/h5H,1-4,9H2. The van der Waals surface area contributed by atoms with Gasteiger partial charge in [-0.1, -0.05) is 0 Å². The first-order valence-corrected chi connectivity index (χ1v) is 3.31. The normalized spacial score (nSPS) is 33.3. The van der Waals surface area contributed by atoms with E-state index in [0.717, 1.165) is 0 Å². The summed E-state index contributed by atoms with van der Waals surface area (Å²) in [5, 5.41) is 0. The van der Waals surface area contributed by atoms with Crippen LogP contribution >= 0.6 is 0 Å². The van der Waals surface area contributed by atoms with Gasteiger partial charge in [0.25, 0.3) is 5.92 Å². The first-order chi connectivity index (χ1) is 4.60. The zero-order valence-corrected chi connectivity index (χ0v) is 5.65. The minimum atomic E-state index is -2.71.